The van der Waals surface area contributed by atoms with E-state index in [-0.39, 0.29) is 93.3 Å². The van der Waals surface area contributed by atoms with Crippen LogP contribution >= 0.6 is 11.8 Å². The van der Waals surface area contributed by atoms with Crippen molar-refractivity contribution in [3.8, 4) is 17.1 Å². The van der Waals surface area contributed by atoms with Crippen LogP contribution in [0.2, 0.25) is 0 Å². The maximum Gasteiger partial charge on any atom is 0.328 e. The zero-order valence-electron chi connectivity index (χ0n) is 45.9. The lowest BCUT2D eigenvalue weighted by Crippen LogP contribution is -2.62. The second kappa shape index (κ2) is 26.4. The number of amides is 7. The highest BCUT2D eigenvalue weighted by atomic mass is 32.2. The molecule has 7 N–H and O–H groups in total. The Morgan fingerprint density at radius 1 is 0.759 bits per heavy atom. The van der Waals surface area contributed by atoms with Crippen LogP contribution in [0.15, 0.2) is 127 Å². The number of unbranched alkanes of at least 4 members (excludes halogenated alkanes) is 1. The third kappa shape index (κ3) is 14.1. The predicted molar refractivity (Wildman–Crippen MR) is 316 cm³/mol. The lowest BCUT2D eigenvalue weighted by molar-refractivity contribution is -0.135. The molecule has 4 aliphatic rings. The number of thioether (sulfide) groups is 1. The van der Waals surface area contributed by atoms with E-state index in [0.717, 1.165) is 73.7 Å². The molecule has 1 aromatic heterocycles. The smallest absolute Gasteiger partial charge is 0.328 e. The fraction of sp³-hybridized carbons (Fsp3) is 0.349. The molecule has 1 unspecified atom stereocenters. The summed E-state index contributed by atoms with van der Waals surface area (Å²) in [6, 6.07) is 35.0. The van der Waals surface area contributed by atoms with Gasteiger partial charge >= 0.3 is 12.0 Å². The second-order valence-corrected chi connectivity index (χ2v) is 22.8. The van der Waals surface area contributed by atoms with Crippen LogP contribution in [0.5, 0.6) is 5.75 Å². The predicted octanol–water partition coefficient (Wildman–Crippen LogP) is 7.92. The van der Waals surface area contributed by atoms with Crippen molar-refractivity contribution in [2.24, 2.45) is 0 Å². The maximum absolute atomic E-state index is 14.5. The Kier molecular flexibility index (Phi) is 18.3. The molecule has 4 fully saturated rings. The summed E-state index contributed by atoms with van der Waals surface area (Å²) >= 11 is 1.85. The highest BCUT2D eigenvalue weighted by Gasteiger charge is 2.45. The number of nitrogens with one attached hydrogen (secondary N) is 6. The number of carboxylic acids is 1. The number of carboxylic acid groups (broad SMARTS) is 1. The van der Waals surface area contributed by atoms with E-state index in [0.29, 0.717) is 62.9 Å². The van der Waals surface area contributed by atoms with Crippen molar-refractivity contribution in [3.63, 3.8) is 0 Å². The van der Waals surface area contributed by atoms with Gasteiger partial charge in [0.05, 0.1) is 23.1 Å². The Morgan fingerprint density at radius 3 is 2.19 bits per heavy atom. The first-order valence-corrected chi connectivity index (χ1v) is 29.5. The fourth-order valence-electron chi connectivity index (χ4n) is 11.4. The van der Waals surface area contributed by atoms with E-state index >= 15 is 0 Å². The van der Waals surface area contributed by atoms with Crippen molar-refractivity contribution >= 4 is 81.9 Å². The van der Waals surface area contributed by atoms with Crippen molar-refractivity contribution in [1.29, 1.82) is 0 Å². The monoisotopic (exact) mass is 1140 g/mol. The van der Waals surface area contributed by atoms with Crippen molar-refractivity contribution in [2.45, 2.75) is 99.5 Å². The third-order valence-corrected chi connectivity index (χ3v) is 17.5. The number of hydrogen-bond donors (Lipinski definition) is 7. The third-order valence-electron chi connectivity index (χ3n) is 16.0. The number of ether oxygens (including phenoxy) is 1. The summed E-state index contributed by atoms with van der Waals surface area (Å²) in [5.41, 5.74) is 3.70. The quantitative estimate of drug-likeness (QED) is 0.0148. The Labute approximate surface area is 484 Å². The van der Waals surface area contributed by atoms with Crippen molar-refractivity contribution < 1.29 is 48.2 Å². The van der Waals surface area contributed by atoms with Gasteiger partial charge in [0.2, 0.25) is 11.8 Å². The minimum absolute atomic E-state index is 0.0144. The van der Waals surface area contributed by atoms with Gasteiger partial charge in [0.25, 0.3) is 17.7 Å². The van der Waals surface area contributed by atoms with Gasteiger partial charge in [-0.05, 0) is 117 Å². The first kappa shape index (κ1) is 57.5. The molecule has 5 aromatic carbocycles. The van der Waals surface area contributed by atoms with E-state index < -0.39 is 23.3 Å². The molecule has 0 radical (unpaired) electrons. The first-order valence-electron chi connectivity index (χ1n) is 28.4. The summed E-state index contributed by atoms with van der Waals surface area (Å²) in [6.07, 6.45) is 10.8. The van der Waals surface area contributed by atoms with Gasteiger partial charge in [0.1, 0.15) is 17.1 Å². The number of aliphatic carboxylic acids is 1. The summed E-state index contributed by atoms with van der Waals surface area (Å²) in [6.45, 7) is 0.598. The van der Waals surface area contributed by atoms with E-state index in [1.54, 1.807) is 102 Å². The molecule has 20 heteroatoms. The van der Waals surface area contributed by atoms with Gasteiger partial charge in [-0.25, -0.2) is 14.6 Å². The number of aromatic nitrogens is 2. The number of nitrogens with zero attached hydrogens (tertiary/aromatic N) is 3. The Balaban J connectivity index is 0.769. The topological polar surface area (TPSA) is 259 Å². The number of ketones is 1. The summed E-state index contributed by atoms with van der Waals surface area (Å²) in [5.74, 6) is -0.788. The molecule has 430 valence electrons. The number of urea groups is 1. The lowest BCUT2D eigenvalue weighted by atomic mass is 9.85. The molecule has 10 rings (SSSR count). The summed E-state index contributed by atoms with van der Waals surface area (Å²) < 4.78 is 8.10. The minimum atomic E-state index is -1.39. The van der Waals surface area contributed by atoms with Gasteiger partial charge in [-0.15, -0.1) is 0 Å². The van der Waals surface area contributed by atoms with Crippen molar-refractivity contribution in [3.05, 3.63) is 155 Å². The summed E-state index contributed by atoms with van der Waals surface area (Å²) in [7, 11) is 0. The normalized spacial score (nSPS) is 18.4. The number of hydrogen-bond acceptors (Lipinski definition) is 11. The van der Waals surface area contributed by atoms with Crippen LogP contribution in [0.3, 0.4) is 0 Å². The maximum atomic E-state index is 14.5. The van der Waals surface area contributed by atoms with Gasteiger partial charge < -0.3 is 51.2 Å². The highest BCUT2D eigenvalue weighted by molar-refractivity contribution is 8.00. The van der Waals surface area contributed by atoms with E-state index in [1.165, 1.54) is 6.08 Å². The molecule has 1 saturated carbocycles. The Hall–Kier alpha value is -8.78. The second-order valence-electron chi connectivity index (χ2n) is 21.5. The van der Waals surface area contributed by atoms with Gasteiger partial charge in [-0.3, -0.25) is 28.8 Å². The zero-order valence-corrected chi connectivity index (χ0v) is 46.7. The molecular formula is C63H67N9O10S. The number of anilines is 1. The molecule has 1 aliphatic carbocycles. The fourth-order valence-corrected chi connectivity index (χ4v) is 13.0. The molecule has 3 saturated heterocycles. The number of carbonyl (C=O) groups is 8. The molecule has 19 nitrogen and oxygen atoms in total. The van der Waals surface area contributed by atoms with Crippen LogP contribution in [-0.4, -0.2) is 128 Å². The van der Waals surface area contributed by atoms with Crippen LogP contribution in [0.1, 0.15) is 119 Å². The van der Waals surface area contributed by atoms with Gasteiger partial charge in [0, 0.05) is 89.2 Å². The van der Waals surface area contributed by atoms with Crippen LogP contribution in [0.4, 0.5) is 10.5 Å². The Bertz CT molecular complexity index is 3390. The number of rotatable bonds is 22. The average Bonchev–Trinajstić information content (AvgIpc) is 4.35. The van der Waals surface area contributed by atoms with Gasteiger partial charge in [0.15, 0.2) is 12.4 Å². The number of carbonyl (C=O) groups excluding carboxylic acids is 7. The number of piperidine rings is 1. The lowest BCUT2D eigenvalue weighted by Gasteiger charge is -2.41. The van der Waals surface area contributed by atoms with Crippen LogP contribution < -0.4 is 36.6 Å². The highest BCUT2D eigenvalue weighted by Crippen LogP contribution is 2.38. The molecule has 6 aromatic rings. The van der Waals surface area contributed by atoms with Crippen LogP contribution in [0.25, 0.3) is 28.5 Å². The van der Waals surface area contributed by atoms with Crippen molar-refractivity contribution in [1.82, 2.24) is 41.0 Å². The SMILES string of the molecule is O=C(O)/C=C/c1ccc(NC(=O)C2(NC(=O)c3ccc4c(c3)nc(-c3ccc(OCC(=O)NCCNC(=O)c5ccc(C(=O)c6ccccc6)cc5)cc3)n4C3CCCCC3)CCN(C(=O)CCCCC3SC[C@H]4NC(=O)N[C@@H]34)CC2)cc1. The van der Waals surface area contributed by atoms with Gasteiger partial charge in [-0.2, -0.15) is 11.8 Å². The van der Waals surface area contributed by atoms with E-state index in [2.05, 4.69) is 36.5 Å². The standard InChI is InChI=1S/C63H67N9O10S/c73-53(64-33-34-65-59(78)44-20-18-42(19-21-44)57(77)41-9-3-1-4-10-41)38-82-48-27-22-43(23-28-48)58-67-49-37-45(24-29-51(49)72(58)47-11-5-2-6-12-47)60(79)70-63(61(80)66-46-25-15-40(16-26-46)17-30-55(75)76)31-35-71(36-32-63)54(74)14-8-7-13-52-56-50(39-83-52)68-62(81)69-56/h1,3-4,9-10,15-30,37,47,50,52,56H,2,5-8,11-14,31-36,38-39H2,(H,64,73)(H,65,78)(H,66,80)(H,70,79)(H,75,76)(H2,68,69,81)/b30-17+/t50-,52?,56-/m1/s1. The van der Waals surface area contributed by atoms with E-state index in [1.807, 2.05) is 36.0 Å². The molecule has 3 aliphatic heterocycles. The molecule has 7 amide bonds. The summed E-state index contributed by atoms with van der Waals surface area (Å²) in [5, 5.41) is 27.0. The first-order chi connectivity index (χ1) is 40.3. The minimum Gasteiger partial charge on any atom is -0.484 e. The van der Waals surface area contributed by atoms with Crippen LogP contribution in [-0.2, 0) is 19.2 Å². The van der Waals surface area contributed by atoms with E-state index in [9.17, 15) is 38.4 Å². The number of benzene rings is 5. The van der Waals surface area contributed by atoms with E-state index in [4.69, 9.17) is 14.8 Å². The molecule has 83 heavy (non-hydrogen) atoms. The van der Waals surface area contributed by atoms with Crippen LogP contribution in [0, 0.1) is 0 Å². The number of imidazole rings is 1. The molecular weight excluding hydrogens is 1070 g/mol. The molecule has 4 heterocycles. The van der Waals surface area contributed by atoms with Crippen molar-refractivity contribution in [2.75, 3.05) is 43.9 Å². The number of fused-ring (bicyclic) bond motifs is 2. The number of likely N-dealkylation sites (tertiary alicyclic amines) is 1. The summed E-state index contributed by atoms with van der Waals surface area (Å²) in [4.78, 5) is 111. The van der Waals surface area contributed by atoms with Gasteiger partial charge in [-0.1, -0.05) is 80.3 Å². The zero-order chi connectivity index (χ0) is 57.9. The molecule has 0 bridgehead atoms. The molecule has 0 spiro atoms. The average molecular weight is 1140 g/mol. The Morgan fingerprint density at radius 2 is 1.46 bits per heavy atom. The molecule has 3 atom stereocenters. The largest absolute Gasteiger partial charge is 0.484 e.